The number of morpholine rings is 1. The van der Waals surface area contributed by atoms with Crippen molar-refractivity contribution in [1.82, 2.24) is 4.31 Å². The number of sulfonamides is 1. The van der Waals surface area contributed by atoms with Gasteiger partial charge in [0.05, 0.1) is 30.5 Å². The molecule has 0 N–H and O–H groups in total. The van der Waals surface area contributed by atoms with Crippen molar-refractivity contribution in [2.45, 2.75) is 51.6 Å². The zero-order valence-electron chi connectivity index (χ0n) is 13.8. The summed E-state index contributed by atoms with van der Waals surface area (Å²) in [5, 5.41) is 0. The Balaban J connectivity index is 2.26. The van der Waals surface area contributed by atoms with Crippen LogP contribution in [0.15, 0.2) is 30.3 Å². The molecule has 0 spiro atoms. The molecule has 0 aromatic heterocycles. The van der Waals surface area contributed by atoms with Crippen LogP contribution in [-0.2, 0) is 21.2 Å². The van der Waals surface area contributed by atoms with E-state index in [2.05, 4.69) is 0 Å². The van der Waals surface area contributed by atoms with Crippen LogP contribution in [0, 0.1) is 0 Å². The number of unbranched alkanes of at least 4 members (excludes halogenated alkanes) is 1. The van der Waals surface area contributed by atoms with E-state index in [1.165, 1.54) is 0 Å². The summed E-state index contributed by atoms with van der Waals surface area (Å²) in [6.45, 7) is 6.83. The number of nitrogens with zero attached hydrogens (tertiary/aromatic N) is 1. The summed E-state index contributed by atoms with van der Waals surface area (Å²) >= 11 is 0. The minimum absolute atomic E-state index is 0.131. The molecule has 1 aliphatic rings. The van der Waals surface area contributed by atoms with Crippen LogP contribution in [0.2, 0.25) is 0 Å². The Morgan fingerprint density at radius 1 is 1.27 bits per heavy atom. The van der Waals surface area contributed by atoms with E-state index in [1.54, 1.807) is 4.31 Å². The third kappa shape index (κ3) is 4.09. The van der Waals surface area contributed by atoms with Gasteiger partial charge < -0.3 is 4.74 Å². The first-order valence-electron chi connectivity index (χ1n) is 8.01. The summed E-state index contributed by atoms with van der Waals surface area (Å²) in [6.07, 6.45) is 2.27. The summed E-state index contributed by atoms with van der Waals surface area (Å²) in [6, 6.07) is 9.89. The Morgan fingerprint density at radius 2 is 1.95 bits per heavy atom. The van der Waals surface area contributed by atoms with Gasteiger partial charge in [0.1, 0.15) is 0 Å². The maximum absolute atomic E-state index is 12.8. The van der Waals surface area contributed by atoms with Crippen LogP contribution in [0.3, 0.4) is 0 Å². The molecule has 1 aliphatic heterocycles. The Bertz CT molecular complexity index is 569. The van der Waals surface area contributed by atoms with Crippen LogP contribution in [-0.4, -0.2) is 43.3 Å². The Kier molecular flexibility index (Phi) is 5.64. The van der Waals surface area contributed by atoms with Crippen molar-refractivity contribution in [2.75, 3.05) is 19.0 Å². The number of hydrogen-bond acceptors (Lipinski definition) is 3. The molecule has 0 saturated carbocycles. The quantitative estimate of drug-likeness (QED) is 0.808. The molecule has 2 rings (SSSR count). The number of ether oxygens (including phenoxy) is 1. The van der Waals surface area contributed by atoms with Crippen LogP contribution in [0.25, 0.3) is 0 Å². The Morgan fingerprint density at radius 3 is 2.59 bits per heavy atom. The van der Waals surface area contributed by atoms with Gasteiger partial charge in [0.25, 0.3) is 0 Å². The molecule has 0 bridgehead atoms. The maximum Gasteiger partial charge on any atom is 0.215 e. The lowest BCUT2D eigenvalue weighted by atomic mass is 9.99. The van der Waals surface area contributed by atoms with Crippen LogP contribution in [0.1, 0.15) is 39.2 Å². The van der Waals surface area contributed by atoms with Gasteiger partial charge in [-0.05, 0) is 32.3 Å². The largest absolute Gasteiger partial charge is 0.378 e. The van der Waals surface area contributed by atoms with Crippen molar-refractivity contribution in [1.29, 1.82) is 0 Å². The summed E-state index contributed by atoms with van der Waals surface area (Å²) in [7, 11) is -3.27. The molecule has 0 amide bonds. The zero-order valence-corrected chi connectivity index (χ0v) is 14.6. The molecule has 1 heterocycles. The van der Waals surface area contributed by atoms with Crippen molar-refractivity contribution < 1.29 is 13.2 Å². The average Bonchev–Trinajstić information content (AvgIpc) is 2.45. The minimum atomic E-state index is -3.27. The summed E-state index contributed by atoms with van der Waals surface area (Å²) in [5.41, 5.74) is 0.647. The van der Waals surface area contributed by atoms with Gasteiger partial charge >= 0.3 is 0 Å². The first kappa shape index (κ1) is 17.4. The van der Waals surface area contributed by atoms with E-state index < -0.39 is 15.6 Å². The first-order valence-corrected chi connectivity index (χ1v) is 9.61. The molecule has 1 unspecified atom stereocenters. The van der Waals surface area contributed by atoms with Gasteiger partial charge in [0.2, 0.25) is 10.0 Å². The highest BCUT2D eigenvalue weighted by atomic mass is 32.2. The lowest BCUT2D eigenvalue weighted by molar-refractivity contribution is -0.0438. The number of rotatable bonds is 6. The highest BCUT2D eigenvalue weighted by molar-refractivity contribution is 7.89. The standard InChI is InChI=1S/C17H27NO3S/c1-4-5-11-22(19,20)18-16(13-21-14-17(18,2)3)12-15-9-7-6-8-10-15/h6-10,16H,4-5,11-14H2,1-3H3. The van der Waals surface area contributed by atoms with Crippen LogP contribution < -0.4 is 0 Å². The van der Waals surface area contributed by atoms with E-state index in [-0.39, 0.29) is 11.8 Å². The highest BCUT2D eigenvalue weighted by Crippen LogP contribution is 2.29. The van der Waals surface area contributed by atoms with E-state index in [9.17, 15) is 8.42 Å². The minimum Gasteiger partial charge on any atom is -0.378 e. The molecule has 1 saturated heterocycles. The molecular formula is C17H27NO3S. The van der Waals surface area contributed by atoms with Gasteiger partial charge in [0.15, 0.2) is 0 Å². The molecule has 0 radical (unpaired) electrons. The fourth-order valence-electron chi connectivity index (χ4n) is 3.13. The Labute approximate surface area is 134 Å². The lowest BCUT2D eigenvalue weighted by Crippen LogP contribution is -2.61. The van der Waals surface area contributed by atoms with Crippen LogP contribution >= 0.6 is 0 Å². The van der Waals surface area contributed by atoms with Gasteiger partial charge in [-0.25, -0.2) is 8.42 Å². The van der Waals surface area contributed by atoms with Crippen molar-refractivity contribution in [3.8, 4) is 0 Å². The van der Waals surface area contributed by atoms with Crippen LogP contribution in [0.4, 0.5) is 0 Å². The van der Waals surface area contributed by atoms with E-state index in [1.807, 2.05) is 51.1 Å². The van der Waals surface area contributed by atoms with Crippen molar-refractivity contribution in [3.63, 3.8) is 0 Å². The molecule has 1 aromatic rings. The second kappa shape index (κ2) is 7.11. The van der Waals surface area contributed by atoms with Gasteiger partial charge in [-0.15, -0.1) is 0 Å². The predicted octanol–water partition coefficient (Wildman–Crippen LogP) is 2.84. The summed E-state index contributed by atoms with van der Waals surface area (Å²) < 4.78 is 33.1. The van der Waals surface area contributed by atoms with E-state index in [4.69, 9.17) is 4.74 Å². The topological polar surface area (TPSA) is 46.6 Å². The van der Waals surface area contributed by atoms with Crippen molar-refractivity contribution >= 4 is 10.0 Å². The molecule has 124 valence electrons. The van der Waals surface area contributed by atoms with E-state index >= 15 is 0 Å². The zero-order chi connectivity index (χ0) is 16.2. The number of benzene rings is 1. The normalized spacial score (nSPS) is 22.6. The van der Waals surface area contributed by atoms with Crippen LogP contribution in [0.5, 0.6) is 0 Å². The molecule has 4 nitrogen and oxygen atoms in total. The molecule has 22 heavy (non-hydrogen) atoms. The summed E-state index contributed by atoms with van der Waals surface area (Å²) in [4.78, 5) is 0. The molecule has 1 fully saturated rings. The van der Waals surface area contributed by atoms with Gasteiger partial charge in [-0.2, -0.15) is 4.31 Å². The summed E-state index contributed by atoms with van der Waals surface area (Å²) in [5.74, 6) is 0.220. The molecule has 0 aliphatic carbocycles. The second-order valence-electron chi connectivity index (χ2n) is 6.64. The second-order valence-corrected chi connectivity index (χ2v) is 8.60. The first-order chi connectivity index (χ1) is 10.4. The molecule has 1 atom stereocenters. The van der Waals surface area contributed by atoms with Gasteiger partial charge in [-0.1, -0.05) is 43.7 Å². The highest BCUT2D eigenvalue weighted by Gasteiger charge is 2.44. The Hall–Kier alpha value is -0.910. The average molecular weight is 325 g/mol. The maximum atomic E-state index is 12.8. The lowest BCUT2D eigenvalue weighted by Gasteiger charge is -2.46. The number of hydrogen-bond donors (Lipinski definition) is 0. The van der Waals surface area contributed by atoms with Crippen molar-refractivity contribution in [2.24, 2.45) is 0 Å². The van der Waals surface area contributed by atoms with E-state index in [0.717, 1.165) is 12.0 Å². The fourth-order valence-corrected chi connectivity index (χ4v) is 5.37. The molecule has 5 heteroatoms. The SMILES string of the molecule is CCCCS(=O)(=O)N1C(Cc2ccccc2)COCC1(C)C. The third-order valence-electron chi connectivity index (χ3n) is 4.06. The van der Waals surface area contributed by atoms with E-state index in [0.29, 0.717) is 26.1 Å². The predicted molar refractivity (Wildman–Crippen MR) is 89.4 cm³/mol. The van der Waals surface area contributed by atoms with Gasteiger partial charge in [-0.3, -0.25) is 0 Å². The smallest absolute Gasteiger partial charge is 0.215 e. The van der Waals surface area contributed by atoms with Crippen molar-refractivity contribution in [3.05, 3.63) is 35.9 Å². The third-order valence-corrected chi connectivity index (χ3v) is 6.26. The van der Waals surface area contributed by atoms with Gasteiger partial charge in [0, 0.05) is 0 Å². The molecule has 1 aromatic carbocycles. The fraction of sp³-hybridized carbons (Fsp3) is 0.647. The monoisotopic (exact) mass is 325 g/mol. The molecular weight excluding hydrogens is 298 g/mol.